The van der Waals surface area contributed by atoms with Crippen molar-refractivity contribution in [1.29, 1.82) is 0 Å². The third kappa shape index (κ3) is 3.75. The van der Waals surface area contributed by atoms with Crippen LogP contribution in [0.4, 0.5) is 22.0 Å². The molecule has 0 spiro atoms. The zero-order valence-electron chi connectivity index (χ0n) is 17.7. The van der Waals surface area contributed by atoms with Gasteiger partial charge in [-0.25, -0.2) is 9.78 Å². The third-order valence-electron chi connectivity index (χ3n) is 6.16. The first kappa shape index (κ1) is 19.6. The third-order valence-corrected chi connectivity index (χ3v) is 6.16. The molecule has 158 valence electrons. The van der Waals surface area contributed by atoms with Crippen LogP contribution in [0.3, 0.4) is 0 Å². The molecule has 1 atom stereocenters. The number of aromatic nitrogens is 1. The molecule has 1 saturated heterocycles. The molecule has 2 bridgehead atoms. The molecule has 0 aliphatic carbocycles. The standard InChI is InChI=1S/C25H27N5O/c1-17-4-2-5-19(14-17)22-11-12-23-24(28-22)30(21-6-3-13-29(23)16-21)25(31)27-20-9-7-18(15-26)8-10-20/h2,4-5,7-12,14,21H,3,6,13,15-16,26H2,1H3,(H,27,31)/t21-/m0/s1. The molecular formula is C25H27N5O. The molecule has 2 aliphatic heterocycles. The fourth-order valence-electron chi connectivity index (χ4n) is 4.56. The molecule has 31 heavy (non-hydrogen) atoms. The van der Waals surface area contributed by atoms with E-state index in [1.165, 1.54) is 5.56 Å². The van der Waals surface area contributed by atoms with Gasteiger partial charge >= 0.3 is 6.03 Å². The van der Waals surface area contributed by atoms with Crippen LogP contribution in [0.25, 0.3) is 11.3 Å². The molecule has 3 heterocycles. The Kier molecular flexibility index (Phi) is 5.08. The number of carbonyl (C=O) groups is 1. The highest BCUT2D eigenvalue weighted by molar-refractivity contribution is 6.04. The second-order valence-electron chi connectivity index (χ2n) is 8.35. The van der Waals surface area contributed by atoms with Gasteiger partial charge in [0, 0.05) is 30.9 Å². The van der Waals surface area contributed by atoms with Crippen LogP contribution in [0.5, 0.6) is 0 Å². The second-order valence-corrected chi connectivity index (χ2v) is 8.35. The molecule has 2 aliphatic rings. The Bertz CT molecular complexity index is 1110. The zero-order valence-corrected chi connectivity index (χ0v) is 17.7. The largest absolute Gasteiger partial charge is 0.366 e. The molecule has 1 aromatic heterocycles. The van der Waals surface area contributed by atoms with Crippen molar-refractivity contribution < 1.29 is 4.79 Å². The number of aryl methyl sites for hydroxylation is 1. The van der Waals surface area contributed by atoms with E-state index in [1.54, 1.807) is 0 Å². The molecular weight excluding hydrogens is 386 g/mol. The monoisotopic (exact) mass is 413 g/mol. The summed E-state index contributed by atoms with van der Waals surface area (Å²) in [5.41, 5.74) is 11.6. The summed E-state index contributed by atoms with van der Waals surface area (Å²) in [6.07, 6.45) is 2.05. The summed E-state index contributed by atoms with van der Waals surface area (Å²) in [4.78, 5) is 22.6. The lowest BCUT2D eigenvalue weighted by Gasteiger charge is -2.45. The van der Waals surface area contributed by atoms with Gasteiger partial charge in [-0.2, -0.15) is 0 Å². The number of nitrogens with two attached hydrogens (primary N) is 1. The van der Waals surface area contributed by atoms with Crippen molar-refractivity contribution in [3.8, 4) is 11.3 Å². The first-order valence-electron chi connectivity index (χ1n) is 10.8. The number of pyridine rings is 1. The minimum atomic E-state index is -0.137. The van der Waals surface area contributed by atoms with Crippen molar-refractivity contribution in [3.63, 3.8) is 0 Å². The van der Waals surface area contributed by atoms with E-state index >= 15 is 0 Å². The van der Waals surface area contributed by atoms with Gasteiger partial charge in [-0.3, -0.25) is 4.90 Å². The lowest BCUT2D eigenvalue weighted by atomic mass is 9.99. The maximum atomic E-state index is 13.4. The van der Waals surface area contributed by atoms with E-state index in [0.29, 0.717) is 6.54 Å². The summed E-state index contributed by atoms with van der Waals surface area (Å²) in [7, 11) is 0. The van der Waals surface area contributed by atoms with E-state index in [1.807, 2.05) is 35.2 Å². The summed E-state index contributed by atoms with van der Waals surface area (Å²) in [5.74, 6) is 0.742. The molecule has 2 aromatic carbocycles. The number of hydrogen-bond donors (Lipinski definition) is 2. The van der Waals surface area contributed by atoms with Crippen LogP contribution in [0, 0.1) is 6.92 Å². The fourth-order valence-corrected chi connectivity index (χ4v) is 4.56. The van der Waals surface area contributed by atoms with Gasteiger partial charge in [0.1, 0.15) is 0 Å². The van der Waals surface area contributed by atoms with Crippen molar-refractivity contribution >= 4 is 23.2 Å². The van der Waals surface area contributed by atoms with Gasteiger partial charge in [0.25, 0.3) is 0 Å². The van der Waals surface area contributed by atoms with Crippen LogP contribution >= 0.6 is 0 Å². The Morgan fingerprint density at radius 1 is 1.16 bits per heavy atom. The molecule has 0 radical (unpaired) electrons. The predicted molar refractivity (Wildman–Crippen MR) is 125 cm³/mol. The molecule has 5 rings (SSSR count). The summed E-state index contributed by atoms with van der Waals surface area (Å²) >= 11 is 0. The van der Waals surface area contributed by atoms with Gasteiger partial charge in [0.05, 0.1) is 17.4 Å². The average Bonchev–Trinajstić information content (AvgIpc) is 2.79. The number of amides is 2. The molecule has 6 nitrogen and oxygen atoms in total. The number of hydrogen-bond acceptors (Lipinski definition) is 4. The number of carbonyl (C=O) groups excluding carboxylic acids is 1. The van der Waals surface area contributed by atoms with Gasteiger partial charge in [0.15, 0.2) is 5.82 Å². The zero-order chi connectivity index (χ0) is 21.4. The van der Waals surface area contributed by atoms with Crippen LogP contribution in [-0.2, 0) is 6.54 Å². The van der Waals surface area contributed by atoms with Crippen LogP contribution < -0.4 is 20.9 Å². The van der Waals surface area contributed by atoms with Crippen LogP contribution in [0.15, 0.2) is 60.7 Å². The Morgan fingerprint density at radius 3 is 2.77 bits per heavy atom. The highest BCUT2D eigenvalue weighted by Gasteiger charge is 2.38. The SMILES string of the molecule is Cc1cccc(-c2ccc3c(n2)N(C(=O)Nc2ccc(CN)cc2)[C@H]2CCCN3C2)c1. The first-order chi connectivity index (χ1) is 15.1. The van der Waals surface area contributed by atoms with Crippen molar-refractivity contribution in [2.45, 2.75) is 32.4 Å². The number of anilines is 3. The number of nitrogens with zero attached hydrogens (tertiary/aromatic N) is 3. The van der Waals surface area contributed by atoms with Crippen LogP contribution in [-0.4, -0.2) is 30.1 Å². The van der Waals surface area contributed by atoms with Crippen molar-refractivity contribution in [2.24, 2.45) is 5.73 Å². The minimum Gasteiger partial charge on any atom is -0.366 e. The Balaban J connectivity index is 1.51. The number of fused-ring (bicyclic) bond motifs is 4. The Morgan fingerprint density at radius 2 is 2.00 bits per heavy atom. The van der Waals surface area contributed by atoms with E-state index in [4.69, 9.17) is 10.7 Å². The van der Waals surface area contributed by atoms with E-state index in [-0.39, 0.29) is 12.1 Å². The van der Waals surface area contributed by atoms with Crippen LogP contribution in [0.1, 0.15) is 24.0 Å². The number of urea groups is 1. The lowest BCUT2D eigenvalue weighted by Crippen LogP contribution is -2.56. The number of nitrogens with one attached hydrogen (secondary N) is 1. The van der Waals surface area contributed by atoms with Gasteiger partial charge < -0.3 is 16.0 Å². The van der Waals surface area contributed by atoms with Crippen molar-refractivity contribution in [2.75, 3.05) is 28.2 Å². The molecule has 1 fully saturated rings. The average molecular weight is 414 g/mol. The van der Waals surface area contributed by atoms with E-state index in [9.17, 15) is 4.79 Å². The smallest absolute Gasteiger partial charge is 0.327 e. The number of benzene rings is 2. The highest BCUT2D eigenvalue weighted by atomic mass is 16.2. The molecule has 6 heteroatoms. The lowest BCUT2D eigenvalue weighted by molar-refractivity contribution is 0.252. The van der Waals surface area contributed by atoms with Gasteiger partial charge in [-0.05, 0) is 55.7 Å². The maximum Gasteiger partial charge on any atom is 0.327 e. The Hall–Kier alpha value is -3.38. The van der Waals surface area contributed by atoms with E-state index in [2.05, 4.69) is 47.5 Å². The fraction of sp³-hybridized carbons (Fsp3) is 0.280. The second kappa shape index (κ2) is 8.04. The number of piperidine rings is 1. The van der Waals surface area contributed by atoms with E-state index < -0.39 is 0 Å². The topological polar surface area (TPSA) is 74.5 Å². The predicted octanol–water partition coefficient (Wildman–Crippen LogP) is 4.54. The van der Waals surface area contributed by atoms with Crippen molar-refractivity contribution in [3.05, 3.63) is 71.8 Å². The molecule has 0 saturated carbocycles. The van der Waals surface area contributed by atoms with Gasteiger partial charge in [-0.1, -0.05) is 35.9 Å². The molecule has 3 N–H and O–H groups in total. The minimum absolute atomic E-state index is 0.116. The summed E-state index contributed by atoms with van der Waals surface area (Å²) in [6.45, 7) is 4.41. The summed E-state index contributed by atoms with van der Waals surface area (Å²) < 4.78 is 0. The van der Waals surface area contributed by atoms with Gasteiger partial charge in [0.2, 0.25) is 0 Å². The molecule has 0 unspecified atom stereocenters. The first-order valence-corrected chi connectivity index (χ1v) is 10.8. The van der Waals surface area contributed by atoms with E-state index in [0.717, 1.165) is 59.9 Å². The van der Waals surface area contributed by atoms with Crippen LogP contribution in [0.2, 0.25) is 0 Å². The quantitative estimate of drug-likeness (QED) is 0.661. The molecule has 3 aromatic rings. The Labute approximate surface area is 182 Å². The summed E-state index contributed by atoms with van der Waals surface area (Å²) in [5, 5.41) is 3.06. The number of rotatable bonds is 3. The van der Waals surface area contributed by atoms with Gasteiger partial charge in [-0.15, -0.1) is 0 Å². The molecule has 2 amide bonds. The maximum absolute atomic E-state index is 13.4. The normalized spacial score (nSPS) is 17.3. The summed E-state index contributed by atoms with van der Waals surface area (Å²) in [6, 6.07) is 20.1. The van der Waals surface area contributed by atoms with Crippen molar-refractivity contribution in [1.82, 2.24) is 4.98 Å². The highest BCUT2D eigenvalue weighted by Crippen LogP contribution is 2.39.